The molecule has 2 heterocycles. The van der Waals surface area contributed by atoms with Gasteiger partial charge in [0.15, 0.2) is 0 Å². The topological polar surface area (TPSA) is 54.5 Å². The second kappa shape index (κ2) is 8.17. The van der Waals surface area contributed by atoms with Crippen LogP contribution in [0, 0.1) is 5.82 Å². The zero-order valence-electron chi connectivity index (χ0n) is 16.6. The van der Waals surface area contributed by atoms with Crippen molar-refractivity contribution in [1.29, 1.82) is 0 Å². The Morgan fingerprint density at radius 2 is 1.86 bits per heavy atom. The summed E-state index contributed by atoms with van der Waals surface area (Å²) < 4.78 is 18.3. The van der Waals surface area contributed by atoms with Crippen LogP contribution >= 0.6 is 0 Å². The molecule has 150 valence electrons. The molecular formula is C23H24FN3O2. The van der Waals surface area contributed by atoms with Crippen LogP contribution in [-0.4, -0.2) is 44.2 Å². The molecule has 29 heavy (non-hydrogen) atoms. The average molecular weight is 393 g/mol. The number of carbonyl (C=O) groups excluding carboxylic acids is 1. The van der Waals surface area contributed by atoms with Crippen molar-refractivity contribution in [3.05, 3.63) is 59.9 Å². The second-order valence-electron chi connectivity index (χ2n) is 7.35. The van der Waals surface area contributed by atoms with E-state index in [2.05, 4.69) is 23.3 Å². The number of hydrogen-bond acceptors (Lipinski definition) is 5. The third-order valence-electron chi connectivity index (χ3n) is 5.57. The first-order valence-corrected chi connectivity index (χ1v) is 9.79. The van der Waals surface area contributed by atoms with Gasteiger partial charge in [-0.1, -0.05) is 0 Å². The number of methoxy groups -OCH3 is 1. The minimum atomic E-state index is -0.372. The molecule has 1 fully saturated rings. The van der Waals surface area contributed by atoms with Gasteiger partial charge >= 0.3 is 5.97 Å². The van der Waals surface area contributed by atoms with Crippen LogP contribution in [-0.2, 0) is 4.74 Å². The fourth-order valence-corrected chi connectivity index (χ4v) is 3.89. The highest BCUT2D eigenvalue weighted by atomic mass is 19.1. The molecule has 6 heteroatoms. The summed E-state index contributed by atoms with van der Waals surface area (Å²) in [5, 5.41) is 4.26. The Labute approximate surface area is 169 Å². The maximum absolute atomic E-state index is 13.5. The third-order valence-corrected chi connectivity index (χ3v) is 5.57. The van der Waals surface area contributed by atoms with Gasteiger partial charge in [0.1, 0.15) is 5.82 Å². The Kier molecular flexibility index (Phi) is 5.45. The first kappa shape index (κ1) is 19.3. The molecule has 2 aromatic carbocycles. The van der Waals surface area contributed by atoms with Gasteiger partial charge in [0, 0.05) is 24.0 Å². The van der Waals surface area contributed by atoms with Gasteiger partial charge in [-0.15, -0.1) is 0 Å². The number of fused-ring (bicyclic) bond motifs is 1. The summed E-state index contributed by atoms with van der Waals surface area (Å²) in [4.78, 5) is 19.1. The lowest BCUT2D eigenvalue weighted by atomic mass is 10.0. The minimum absolute atomic E-state index is 0.273. The zero-order chi connectivity index (χ0) is 20.4. The molecule has 4 rings (SSSR count). The number of hydrogen-bond donors (Lipinski definition) is 1. The summed E-state index contributed by atoms with van der Waals surface area (Å²) in [5.41, 5.74) is 3.91. The predicted molar refractivity (Wildman–Crippen MR) is 113 cm³/mol. The molecule has 1 aromatic heterocycles. The number of piperidine rings is 1. The number of aromatic nitrogens is 1. The molecule has 3 aromatic rings. The van der Waals surface area contributed by atoms with E-state index in [0.717, 1.165) is 53.8 Å². The number of rotatable bonds is 4. The number of nitrogens with zero attached hydrogens (tertiary/aromatic N) is 2. The zero-order valence-corrected chi connectivity index (χ0v) is 16.6. The number of pyridine rings is 1. The van der Waals surface area contributed by atoms with Gasteiger partial charge in [0.2, 0.25) is 0 Å². The number of anilines is 1. The summed E-state index contributed by atoms with van der Waals surface area (Å²) >= 11 is 0. The fraction of sp³-hybridized carbons (Fsp3) is 0.304. The normalized spacial score (nSPS) is 14.7. The Bertz CT molecular complexity index is 1030. The number of esters is 1. The van der Waals surface area contributed by atoms with Crippen LogP contribution in [0.2, 0.25) is 0 Å². The average Bonchev–Trinajstić information content (AvgIpc) is 2.78. The summed E-state index contributed by atoms with van der Waals surface area (Å²) in [7, 11) is 3.45. The van der Waals surface area contributed by atoms with E-state index in [1.807, 2.05) is 12.1 Å². The lowest BCUT2D eigenvalue weighted by Gasteiger charge is -2.34. The first-order chi connectivity index (χ1) is 14.1. The van der Waals surface area contributed by atoms with Crippen molar-refractivity contribution < 1.29 is 13.9 Å². The molecular weight excluding hydrogens is 369 g/mol. The van der Waals surface area contributed by atoms with E-state index in [1.54, 1.807) is 18.2 Å². The van der Waals surface area contributed by atoms with Gasteiger partial charge in [0.05, 0.1) is 29.6 Å². The van der Waals surface area contributed by atoms with Crippen molar-refractivity contribution in [1.82, 2.24) is 10.3 Å². The van der Waals surface area contributed by atoms with Gasteiger partial charge < -0.3 is 15.0 Å². The molecule has 1 N–H and O–H groups in total. The van der Waals surface area contributed by atoms with Gasteiger partial charge in [-0.2, -0.15) is 0 Å². The molecule has 0 spiro atoms. The van der Waals surface area contributed by atoms with Crippen molar-refractivity contribution >= 4 is 22.6 Å². The van der Waals surface area contributed by atoms with Gasteiger partial charge in [-0.25, -0.2) is 14.2 Å². The first-order valence-electron chi connectivity index (χ1n) is 9.79. The summed E-state index contributed by atoms with van der Waals surface area (Å²) in [6, 6.07) is 14.2. The maximum atomic E-state index is 13.5. The highest BCUT2D eigenvalue weighted by Crippen LogP contribution is 2.34. The second-order valence-corrected chi connectivity index (χ2v) is 7.35. The molecule has 5 nitrogen and oxygen atoms in total. The van der Waals surface area contributed by atoms with E-state index in [-0.39, 0.29) is 11.8 Å². The predicted octanol–water partition coefficient (Wildman–Crippen LogP) is 4.02. The van der Waals surface area contributed by atoms with Crippen molar-refractivity contribution in [2.45, 2.75) is 18.9 Å². The number of benzene rings is 2. The van der Waals surface area contributed by atoms with E-state index >= 15 is 0 Å². The van der Waals surface area contributed by atoms with Crippen LogP contribution in [0.1, 0.15) is 23.2 Å². The molecule has 1 saturated heterocycles. The molecule has 1 aliphatic heterocycles. The van der Waals surface area contributed by atoms with Crippen molar-refractivity contribution in [2.75, 3.05) is 32.1 Å². The van der Waals surface area contributed by atoms with E-state index in [9.17, 15) is 9.18 Å². The van der Waals surface area contributed by atoms with E-state index < -0.39 is 0 Å². The van der Waals surface area contributed by atoms with Crippen molar-refractivity contribution in [3.63, 3.8) is 0 Å². The smallest absolute Gasteiger partial charge is 0.337 e. The standard InChI is InChI=1S/C23H24FN3O2/c1-27(19-9-11-25-12-10-19)21-14-17-13-16(23(28)29-2)5-8-20(17)26-22(21)15-3-6-18(24)7-4-15/h3-8,13-14,19,25H,9-12H2,1-2H3. The maximum Gasteiger partial charge on any atom is 0.337 e. The van der Waals surface area contributed by atoms with Crippen LogP contribution in [0.15, 0.2) is 48.5 Å². The highest BCUT2D eigenvalue weighted by Gasteiger charge is 2.22. The third kappa shape index (κ3) is 3.93. The Balaban J connectivity index is 1.86. The highest BCUT2D eigenvalue weighted by molar-refractivity contribution is 5.96. The van der Waals surface area contributed by atoms with E-state index in [4.69, 9.17) is 9.72 Å². The quantitative estimate of drug-likeness (QED) is 0.679. The monoisotopic (exact) mass is 393 g/mol. The molecule has 0 amide bonds. The summed E-state index contributed by atoms with van der Waals surface area (Å²) in [6.45, 7) is 1.96. The molecule has 0 atom stereocenters. The summed E-state index contributed by atoms with van der Waals surface area (Å²) in [6.07, 6.45) is 2.08. The van der Waals surface area contributed by atoms with Gasteiger partial charge in [0.25, 0.3) is 0 Å². The van der Waals surface area contributed by atoms with Crippen LogP contribution < -0.4 is 10.2 Å². The molecule has 0 bridgehead atoms. The Hall–Kier alpha value is -2.99. The molecule has 0 saturated carbocycles. The lowest BCUT2D eigenvalue weighted by molar-refractivity contribution is 0.0601. The lowest BCUT2D eigenvalue weighted by Crippen LogP contribution is -2.41. The molecule has 0 unspecified atom stereocenters. The molecule has 1 aliphatic rings. The number of halogens is 1. The van der Waals surface area contributed by atoms with Gasteiger partial charge in [-0.05, 0) is 74.5 Å². The molecule has 0 aliphatic carbocycles. The van der Waals surface area contributed by atoms with Crippen LogP contribution in [0.3, 0.4) is 0 Å². The fourth-order valence-electron chi connectivity index (χ4n) is 3.89. The number of carbonyl (C=O) groups is 1. The van der Waals surface area contributed by atoms with Gasteiger partial charge in [-0.3, -0.25) is 0 Å². The Morgan fingerprint density at radius 1 is 1.14 bits per heavy atom. The SMILES string of the molecule is COC(=O)c1ccc2nc(-c3ccc(F)cc3)c(N(C)C3CCNCC3)cc2c1. The number of ether oxygens (including phenoxy) is 1. The summed E-state index contributed by atoms with van der Waals surface area (Å²) in [5.74, 6) is -0.645. The van der Waals surface area contributed by atoms with Crippen LogP contribution in [0.5, 0.6) is 0 Å². The van der Waals surface area contributed by atoms with Crippen LogP contribution in [0.4, 0.5) is 10.1 Å². The van der Waals surface area contributed by atoms with Crippen molar-refractivity contribution in [3.8, 4) is 11.3 Å². The minimum Gasteiger partial charge on any atom is -0.465 e. The van der Waals surface area contributed by atoms with E-state index in [1.165, 1.54) is 19.2 Å². The largest absolute Gasteiger partial charge is 0.465 e. The van der Waals surface area contributed by atoms with E-state index in [0.29, 0.717) is 11.6 Å². The Morgan fingerprint density at radius 3 is 2.55 bits per heavy atom. The molecule has 0 radical (unpaired) electrons. The van der Waals surface area contributed by atoms with Crippen LogP contribution in [0.25, 0.3) is 22.2 Å². The number of nitrogens with one attached hydrogen (secondary N) is 1. The van der Waals surface area contributed by atoms with Crippen molar-refractivity contribution in [2.24, 2.45) is 0 Å².